The molecule has 1 atom stereocenters. The van der Waals surface area contributed by atoms with Crippen molar-refractivity contribution >= 4 is 5.96 Å². The normalized spacial score (nSPS) is 13.0. The second-order valence-corrected chi connectivity index (χ2v) is 6.37. The number of rotatable bonds is 7. The minimum atomic E-state index is 0.116. The van der Waals surface area contributed by atoms with Crippen molar-refractivity contribution in [1.29, 1.82) is 0 Å². The largest absolute Gasteiger partial charge is 0.493 e. The minimum absolute atomic E-state index is 0.116. The summed E-state index contributed by atoms with van der Waals surface area (Å²) in [5.74, 6) is 2.98. The van der Waals surface area contributed by atoms with E-state index < -0.39 is 0 Å². The second-order valence-electron chi connectivity index (χ2n) is 6.37. The topological polar surface area (TPSA) is 76.4 Å². The quantitative estimate of drug-likeness (QED) is 0.595. The SMILES string of the molecule is CN=C(NCc1ncnn1C)NC(C)c1ccc(OCC(C)C)cc1. The lowest BCUT2D eigenvalue weighted by molar-refractivity contribution is 0.271. The number of hydrogen-bond acceptors (Lipinski definition) is 4. The lowest BCUT2D eigenvalue weighted by atomic mass is 10.1. The summed E-state index contributed by atoms with van der Waals surface area (Å²) >= 11 is 0. The van der Waals surface area contributed by atoms with Gasteiger partial charge in [0.25, 0.3) is 0 Å². The summed E-state index contributed by atoms with van der Waals surface area (Å²) in [6, 6.07) is 8.27. The van der Waals surface area contributed by atoms with Gasteiger partial charge < -0.3 is 15.4 Å². The lowest BCUT2D eigenvalue weighted by Crippen LogP contribution is -2.38. The molecule has 0 bridgehead atoms. The first-order valence-corrected chi connectivity index (χ1v) is 8.52. The summed E-state index contributed by atoms with van der Waals surface area (Å²) in [5, 5.41) is 10.7. The van der Waals surface area contributed by atoms with Crippen LogP contribution in [0.4, 0.5) is 0 Å². The maximum Gasteiger partial charge on any atom is 0.191 e. The summed E-state index contributed by atoms with van der Waals surface area (Å²) in [6.07, 6.45) is 1.54. The molecule has 0 fully saturated rings. The molecule has 0 radical (unpaired) electrons. The summed E-state index contributed by atoms with van der Waals surface area (Å²) in [4.78, 5) is 8.45. The molecule has 0 amide bonds. The third-order valence-corrected chi connectivity index (χ3v) is 3.76. The van der Waals surface area contributed by atoms with Crippen molar-refractivity contribution in [2.75, 3.05) is 13.7 Å². The van der Waals surface area contributed by atoms with Crippen molar-refractivity contribution < 1.29 is 4.74 Å². The van der Waals surface area contributed by atoms with Gasteiger partial charge in [-0.05, 0) is 30.5 Å². The Morgan fingerprint density at radius 1 is 1.24 bits per heavy atom. The fourth-order valence-electron chi connectivity index (χ4n) is 2.24. The molecule has 7 heteroatoms. The average molecular weight is 344 g/mol. The molecule has 136 valence electrons. The number of nitrogens with one attached hydrogen (secondary N) is 2. The average Bonchev–Trinajstić information content (AvgIpc) is 3.02. The maximum atomic E-state index is 5.72. The summed E-state index contributed by atoms with van der Waals surface area (Å²) in [7, 11) is 3.62. The molecule has 1 heterocycles. The van der Waals surface area contributed by atoms with Gasteiger partial charge in [0.2, 0.25) is 0 Å². The van der Waals surface area contributed by atoms with Gasteiger partial charge in [-0.3, -0.25) is 9.67 Å². The van der Waals surface area contributed by atoms with Crippen LogP contribution in [-0.4, -0.2) is 34.4 Å². The van der Waals surface area contributed by atoms with Gasteiger partial charge in [0.1, 0.15) is 17.9 Å². The van der Waals surface area contributed by atoms with Crippen molar-refractivity contribution in [2.45, 2.75) is 33.4 Å². The molecule has 2 N–H and O–H groups in total. The number of aromatic nitrogens is 3. The standard InChI is InChI=1S/C18H28N6O/c1-13(2)11-25-16-8-6-15(7-9-16)14(3)23-18(19-4)20-10-17-21-12-22-24(17)5/h6-9,12-14H,10-11H2,1-5H3,(H2,19,20,23). The fourth-order valence-corrected chi connectivity index (χ4v) is 2.24. The summed E-state index contributed by atoms with van der Waals surface area (Å²) in [5.41, 5.74) is 1.17. The highest BCUT2D eigenvalue weighted by atomic mass is 16.5. The molecular formula is C18H28N6O. The second kappa shape index (κ2) is 9.05. The third-order valence-electron chi connectivity index (χ3n) is 3.76. The zero-order valence-corrected chi connectivity index (χ0v) is 15.7. The highest BCUT2D eigenvalue weighted by Gasteiger charge is 2.09. The number of guanidine groups is 1. The Morgan fingerprint density at radius 3 is 2.52 bits per heavy atom. The zero-order chi connectivity index (χ0) is 18.2. The molecule has 0 saturated carbocycles. The van der Waals surface area contributed by atoms with Crippen molar-refractivity contribution in [1.82, 2.24) is 25.4 Å². The zero-order valence-electron chi connectivity index (χ0n) is 15.7. The molecular weight excluding hydrogens is 316 g/mol. The van der Waals surface area contributed by atoms with Gasteiger partial charge in [0, 0.05) is 14.1 Å². The molecule has 7 nitrogen and oxygen atoms in total. The van der Waals surface area contributed by atoms with Crippen molar-refractivity contribution in [3.8, 4) is 5.75 Å². The highest BCUT2D eigenvalue weighted by molar-refractivity contribution is 5.80. The van der Waals surface area contributed by atoms with Crippen molar-refractivity contribution in [3.63, 3.8) is 0 Å². The van der Waals surface area contributed by atoms with E-state index in [1.165, 1.54) is 5.56 Å². The van der Waals surface area contributed by atoms with Crippen LogP contribution in [0.5, 0.6) is 5.75 Å². The smallest absolute Gasteiger partial charge is 0.191 e. The number of nitrogens with zero attached hydrogens (tertiary/aromatic N) is 4. The lowest BCUT2D eigenvalue weighted by Gasteiger charge is -2.18. The van der Waals surface area contributed by atoms with E-state index in [0.29, 0.717) is 12.5 Å². The Labute approximate surface area is 149 Å². The van der Waals surface area contributed by atoms with Gasteiger partial charge in [-0.2, -0.15) is 5.10 Å². The van der Waals surface area contributed by atoms with Gasteiger partial charge in [0.05, 0.1) is 19.2 Å². The summed E-state index contributed by atoms with van der Waals surface area (Å²) < 4.78 is 7.46. The van der Waals surface area contributed by atoms with Gasteiger partial charge in [-0.25, -0.2) is 4.98 Å². The number of aliphatic imine (C=N–C) groups is 1. The van der Waals surface area contributed by atoms with Gasteiger partial charge in [-0.1, -0.05) is 26.0 Å². The molecule has 1 unspecified atom stereocenters. The fraction of sp³-hybridized carbons (Fsp3) is 0.500. The van der Waals surface area contributed by atoms with Crippen LogP contribution in [0.2, 0.25) is 0 Å². The van der Waals surface area contributed by atoms with Crippen molar-refractivity contribution in [2.24, 2.45) is 18.0 Å². The maximum absolute atomic E-state index is 5.72. The van der Waals surface area contributed by atoms with Crippen LogP contribution in [0, 0.1) is 5.92 Å². The Morgan fingerprint density at radius 2 is 1.96 bits per heavy atom. The van der Waals surface area contributed by atoms with E-state index in [0.717, 1.165) is 24.1 Å². The Kier molecular flexibility index (Phi) is 6.80. The Hall–Kier alpha value is -2.57. The van der Waals surface area contributed by atoms with Crippen LogP contribution in [0.1, 0.15) is 38.2 Å². The molecule has 0 aliphatic carbocycles. The first-order chi connectivity index (χ1) is 12.0. The van der Waals surface area contributed by atoms with E-state index in [4.69, 9.17) is 4.74 Å². The van der Waals surface area contributed by atoms with E-state index in [2.05, 4.69) is 58.6 Å². The minimum Gasteiger partial charge on any atom is -0.493 e. The molecule has 25 heavy (non-hydrogen) atoms. The molecule has 1 aromatic heterocycles. The molecule has 0 spiro atoms. The number of aryl methyl sites for hydroxylation is 1. The van der Waals surface area contributed by atoms with E-state index in [9.17, 15) is 0 Å². The highest BCUT2D eigenvalue weighted by Crippen LogP contribution is 2.18. The molecule has 2 rings (SSSR count). The molecule has 1 aromatic carbocycles. The predicted octanol–water partition coefficient (Wildman–Crippen LogP) is 2.28. The summed E-state index contributed by atoms with van der Waals surface area (Å²) in [6.45, 7) is 7.66. The number of ether oxygens (including phenoxy) is 1. The van der Waals surface area contributed by atoms with E-state index in [-0.39, 0.29) is 6.04 Å². The van der Waals surface area contributed by atoms with Crippen LogP contribution in [0.25, 0.3) is 0 Å². The van der Waals surface area contributed by atoms with Crippen LogP contribution in [0.15, 0.2) is 35.6 Å². The molecule has 0 aliphatic heterocycles. The number of hydrogen-bond donors (Lipinski definition) is 2. The monoisotopic (exact) mass is 344 g/mol. The van der Waals surface area contributed by atoms with Crippen LogP contribution >= 0.6 is 0 Å². The van der Waals surface area contributed by atoms with E-state index >= 15 is 0 Å². The van der Waals surface area contributed by atoms with Crippen LogP contribution in [-0.2, 0) is 13.6 Å². The van der Waals surface area contributed by atoms with Gasteiger partial charge in [-0.15, -0.1) is 0 Å². The molecule has 0 aliphatic rings. The first kappa shape index (κ1) is 18.8. The third kappa shape index (κ3) is 5.77. The van der Waals surface area contributed by atoms with Gasteiger partial charge in [0.15, 0.2) is 5.96 Å². The van der Waals surface area contributed by atoms with Gasteiger partial charge >= 0.3 is 0 Å². The molecule has 0 saturated heterocycles. The van der Waals surface area contributed by atoms with E-state index in [1.807, 2.05) is 19.2 Å². The van der Waals surface area contributed by atoms with Crippen LogP contribution in [0.3, 0.4) is 0 Å². The predicted molar refractivity (Wildman–Crippen MR) is 99.5 cm³/mol. The number of benzene rings is 1. The Bertz CT molecular complexity index is 677. The van der Waals surface area contributed by atoms with E-state index in [1.54, 1.807) is 18.1 Å². The van der Waals surface area contributed by atoms with Crippen molar-refractivity contribution in [3.05, 3.63) is 42.0 Å². The molecule has 2 aromatic rings. The van der Waals surface area contributed by atoms with Crippen LogP contribution < -0.4 is 15.4 Å². The first-order valence-electron chi connectivity index (χ1n) is 8.52. The Balaban J connectivity index is 1.88.